The highest BCUT2D eigenvalue weighted by atomic mass is 15.0. The third-order valence-electron chi connectivity index (χ3n) is 12.5. The first kappa shape index (κ1) is 39.6. The number of aromatic nitrogens is 5. The van der Waals surface area contributed by atoms with Crippen LogP contribution in [0.5, 0.6) is 0 Å². The van der Waals surface area contributed by atoms with Gasteiger partial charge in [-0.15, -0.1) is 0 Å². The van der Waals surface area contributed by atoms with Crippen LogP contribution in [0, 0.1) is 0 Å². The van der Waals surface area contributed by atoms with Crippen LogP contribution in [-0.4, -0.2) is 36.1 Å². The van der Waals surface area contributed by atoms with Crippen molar-refractivity contribution in [2.75, 3.05) is 0 Å². The molecule has 0 saturated carbocycles. The molecule has 316 valence electrons. The van der Waals surface area contributed by atoms with Gasteiger partial charge in [0.15, 0.2) is 11.7 Å². The highest BCUT2D eigenvalue weighted by Crippen LogP contribution is 2.39. The standard InChI is InChI=1S/C60H41N7/c1-4-14-44(15-5-1)59-63-53(38-55(65-59)51-20-10-12-34-61-51)42-26-22-40(23-27-42)46-30-32-57-49(36-46)50-37-47(31-33-58(50)67(57)48-18-8-3-9-19-48)41-24-28-43(29-25-41)54-39-56(52-21-11-13-35-62-52)66-60(64-54)45-16-6-2-7-17-45/h1-38,54H,39H2. The van der Waals surface area contributed by atoms with E-state index in [9.17, 15) is 0 Å². The van der Waals surface area contributed by atoms with Crippen molar-refractivity contribution in [2.24, 2.45) is 9.98 Å². The average Bonchev–Trinajstić information content (AvgIpc) is 3.75. The molecule has 0 aliphatic carbocycles. The number of hydrogen-bond donors (Lipinski definition) is 0. The summed E-state index contributed by atoms with van der Waals surface area (Å²) in [5.74, 6) is 1.40. The van der Waals surface area contributed by atoms with Gasteiger partial charge < -0.3 is 4.57 Å². The van der Waals surface area contributed by atoms with Crippen LogP contribution in [0.4, 0.5) is 0 Å². The Bertz CT molecular complexity index is 3550. The molecule has 0 amide bonds. The van der Waals surface area contributed by atoms with Crippen molar-refractivity contribution in [1.82, 2.24) is 24.5 Å². The van der Waals surface area contributed by atoms with Gasteiger partial charge in [-0.2, -0.15) is 0 Å². The molecule has 5 heterocycles. The molecule has 67 heavy (non-hydrogen) atoms. The molecule has 0 N–H and O–H groups in total. The van der Waals surface area contributed by atoms with Gasteiger partial charge >= 0.3 is 0 Å². The maximum Gasteiger partial charge on any atom is 0.160 e. The zero-order chi connectivity index (χ0) is 44.5. The van der Waals surface area contributed by atoms with E-state index < -0.39 is 0 Å². The van der Waals surface area contributed by atoms with Crippen LogP contribution in [0.3, 0.4) is 0 Å². The lowest BCUT2D eigenvalue weighted by Gasteiger charge is -2.21. The van der Waals surface area contributed by atoms with Crippen molar-refractivity contribution in [2.45, 2.75) is 12.5 Å². The van der Waals surface area contributed by atoms with Gasteiger partial charge in [0.1, 0.15) is 0 Å². The first-order chi connectivity index (χ1) is 33.2. The molecule has 0 saturated heterocycles. The van der Waals surface area contributed by atoms with Gasteiger partial charge in [-0.1, -0.05) is 152 Å². The molecule has 0 radical (unpaired) electrons. The Morgan fingerprint density at radius 1 is 0.388 bits per heavy atom. The molecule has 11 aromatic rings. The molecule has 1 unspecified atom stereocenters. The lowest BCUT2D eigenvalue weighted by Crippen LogP contribution is -2.18. The number of rotatable bonds is 9. The van der Waals surface area contributed by atoms with Gasteiger partial charge in [0.25, 0.3) is 0 Å². The summed E-state index contributed by atoms with van der Waals surface area (Å²) in [7, 11) is 0. The lowest BCUT2D eigenvalue weighted by atomic mass is 9.95. The predicted molar refractivity (Wildman–Crippen MR) is 272 cm³/mol. The normalized spacial score (nSPS) is 13.6. The van der Waals surface area contributed by atoms with Gasteiger partial charge in [0.2, 0.25) is 0 Å². The number of aliphatic imine (C=N–C) groups is 2. The highest BCUT2D eigenvalue weighted by molar-refractivity contribution is 6.14. The Morgan fingerprint density at radius 2 is 0.910 bits per heavy atom. The van der Waals surface area contributed by atoms with Gasteiger partial charge in [-0.3, -0.25) is 15.0 Å². The van der Waals surface area contributed by atoms with Gasteiger partial charge in [0, 0.05) is 52.0 Å². The van der Waals surface area contributed by atoms with Crippen molar-refractivity contribution >= 4 is 33.4 Å². The van der Waals surface area contributed by atoms with Crippen LogP contribution in [0.1, 0.15) is 29.3 Å². The molecule has 0 spiro atoms. The summed E-state index contributed by atoms with van der Waals surface area (Å²) in [4.78, 5) is 29.4. The van der Waals surface area contributed by atoms with E-state index in [0.29, 0.717) is 12.2 Å². The smallest absolute Gasteiger partial charge is 0.160 e. The van der Waals surface area contributed by atoms with Gasteiger partial charge in [-0.25, -0.2) is 15.0 Å². The summed E-state index contributed by atoms with van der Waals surface area (Å²) < 4.78 is 2.37. The number of nitrogens with zero attached hydrogens (tertiary/aromatic N) is 7. The van der Waals surface area contributed by atoms with Crippen molar-refractivity contribution in [3.05, 3.63) is 248 Å². The van der Waals surface area contributed by atoms with Crippen molar-refractivity contribution in [1.29, 1.82) is 0 Å². The Hall–Kier alpha value is -8.94. The fourth-order valence-electron chi connectivity index (χ4n) is 9.12. The van der Waals surface area contributed by atoms with E-state index in [4.69, 9.17) is 20.0 Å². The van der Waals surface area contributed by atoms with E-state index in [1.165, 1.54) is 10.8 Å². The van der Waals surface area contributed by atoms with Crippen LogP contribution in [-0.2, 0) is 0 Å². The molecule has 1 aliphatic heterocycles. The second kappa shape index (κ2) is 17.2. The van der Waals surface area contributed by atoms with Gasteiger partial charge in [0.05, 0.1) is 45.6 Å². The summed E-state index contributed by atoms with van der Waals surface area (Å²) in [5, 5.41) is 2.38. The fraction of sp³-hybridized carbons (Fsp3) is 0.0333. The van der Waals surface area contributed by atoms with Crippen LogP contribution in [0.25, 0.3) is 83.8 Å². The monoisotopic (exact) mass is 859 g/mol. The summed E-state index contributed by atoms with van der Waals surface area (Å²) in [5.41, 5.74) is 16.3. The van der Waals surface area contributed by atoms with Crippen LogP contribution < -0.4 is 0 Å². The maximum absolute atomic E-state index is 5.18. The third kappa shape index (κ3) is 7.79. The number of pyridine rings is 2. The summed E-state index contributed by atoms with van der Waals surface area (Å²) in [6, 6.07) is 76.0. The van der Waals surface area contributed by atoms with Crippen molar-refractivity contribution in [3.8, 4) is 62.0 Å². The summed E-state index contributed by atoms with van der Waals surface area (Å²) in [6.45, 7) is 0. The summed E-state index contributed by atoms with van der Waals surface area (Å²) >= 11 is 0. The molecular formula is C60H41N7. The van der Waals surface area contributed by atoms with E-state index in [-0.39, 0.29) is 6.04 Å². The minimum Gasteiger partial charge on any atom is -0.309 e. The molecular weight excluding hydrogens is 819 g/mol. The number of amidine groups is 1. The molecule has 4 aromatic heterocycles. The Labute approximate surface area is 388 Å². The number of fused-ring (bicyclic) bond motifs is 3. The molecule has 0 fully saturated rings. The number of para-hydroxylation sites is 1. The zero-order valence-electron chi connectivity index (χ0n) is 36.4. The SMILES string of the molecule is c1ccc(C2=NC(c3ccc(-c4ccc5c(c4)c4cc(-c6ccc(-c7cc(-c8ccccn8)nc(-c8ccccc8)n7)cc6)ccc4n5-c4ccccc4)cc3)CC(c3ccccn3)=N2)cc1. The zero-order valence-corrected chi connectivity index (χ0v) is 36.4. The lowest BCUT2D eigenvalue weighted by molar-refractivity contribution is 0.752. The van der Waals surface area contributed by atoms with E-state index in [1.54, 1.807) is 6.20 Å². The molecule has 7 aromatic carbocycles. The topological polar surface area (TPSA) is 81.2 Å². The second-order valence-corrected chi connectivity index (χ2v) is 16.7. The van der Waals surface area contributed by atoms with Crippen LogP contribution in [0.2, 0.25) is 0 Å². The van der Waals surface area contributed by atoms with Gasteiger partial charge in [-0.05, 0) is 94.5 Å². The highest BCUT2D eigenvalue weighted by Gasteiger charge is 2.23. The molecule has 1 atom stereocenters. The second-order valence-electron chi connectivity index (χ2n) is 16.7. The average molecular weight is 860 g/mol. The minimum atomic E-state index is -0.0886. The first-order valence-corrected chi connectivity index (χ1v) is 22.5. The van der Waals surface area contributed by atoms with Crippen molar-refractivity contribution in [3.63, 3.8) is 0 Å². The maximum atomic E-state index is 5.18. The summed E-state index contributed by atoms with van der Waals surface area (Å²) in [6.07, 6.45) is 4.29. The molecule has 12 rings (SSSR count). The Morgan fingerprint density at radius 3 is 1.52 bits per heavy atom. The largest absolute Gasteiger partial charge is 0.309 e. The first-order valence-electron chi connectivity index (χ1n) is 22.5. The molecule has 0 bridgehead atoms. The van der Waals surface area contributed by atoms with Crippen molar-refractivity contribution < 1.29 is 0 Å². The van der Waals surface area contributed by atoms with E-state index in [2.05, 4.69) is 142 Å². The Kier molecular flexibility index (Phi) is 10.2. The number of benzene rings is 7. The minimum absolute atomic E-state index is 0.0886. The third-order valence-corrected chi connectivity index (χ3v) is 12.5. The number of hydrogen-bond acceptors (Lipinski definition) is 6. The Balaban J connectivity index is 0.899. The quantitative estimate of drug-likeness (QED) is 0.145. The molecule has 7 heteroatoms. The molecule has 7 nitrogen and oxygen atoms in total. The van der Waals surface area contributed by atoms with Crippen LogP contribution >= 0.6 is 0 Å². The molecule has 1 aliphatic rings. The van der Waals surface area contributed by atoms with Crippen LogP contribution in [0.15, 0.2) is 241 Å². The van der Waals surface area contributed by atoms with E-state index >= 15 is 0 Å². The van der Waals surface area contributed by atoms with E-state index in [1.807, 2.05) is 97.2 Å². The predicted octanol–water partition coefficient (Wildman–Crippen LogP) is 14.1. The van der Waals surface area contributed by atoms with E-state index in [0.717, 1.165) is 95.6 Å². The fourth-order valence-corrected chi connectivity index (χ4v) is 9.12.